The van der Waals surface area contributed by atoms with Crippen molar-refractivity contribution in [1.82, 2.24) is 40.1 Å². The van der Waals surface area contributed by atoms with E-state index < -0.39 is 0 Å². The number of halogens is 1. The van der Waals surface area contributed by atoms with E-state index in [1.807, 2.05) is 0 Å². The third kappa shape index (κ3) is 4.08. The van der Waals surface area contributed by atoms with Gasteiger partial charge in [-0.05, 0) is 36.4 Å². The van der Waals surface area contributed by atoms with Crippen LogP contribution in [-0.4, -0.2) is 47.2 Å². The van der Waals surface area contributed by atoms with E-state index in [1.54, 1.807) is 18.2 Å². The molecule has 0 aliphatic rings. The van der Waals surface area contributed by atoms with Crippen molar-refractivity contribution in [2.24, 2.45) is 0 Å². The maximum atomic E-state index is 13.0. The first-order valence-corrected chi connectivity index (χ1v) is 8.63. The van der Waals surface area contributed by atoms with Crippen LogP contribution >= 0.6 is 0 Å². The molecule has 0 atom stereocenters. The van der Waals surface area contributed by atoms with Gasteiger partial charge in [-0.1, -0.05) is 0 Å². The van der Waals surface area contributed by atoms with Gasteiger partial charge in [-0.3, -0.25) is 14.7 Å². The summed E-state index contributed by atoms with van der Waals surface area (Å²) in [4.78, 5) is 28.1. The molecule has 146 valence electrons. The molecule has 10 nitrogen and oxygen atoms in total. The number of aromatic amines is 1. The lowest BCUT2D eigenvalue weighted by molar-refractivity contribution is 0.0946. The summed E-state index contributed by atoms with van der Waals surface area (Å²) in [6, 6.07) is 10.3. The summed E-state index contributed by atoms with van der Waals surface area (Å²) < 4.78 is 15.7. The van der Waals surface area contributed by atoms with Crippen LogP contribution in [0.25, 0.3) is 17.1 Å². The van der Waals surface area contributed by atoms with Gasteiger partial charge in [0, 0.05) is 18.2 Å². The van der Waals surface area contributed by atoms with Crippen molar-refractivity contribution in [2.75, 3.05) is 6.54 Å². The van der Waals surface area contributed by atoms with Crippen molar-refractivity contribution in [3.8, 4) is 17.1 Å². The van der Waals surface area contributed by atoms with Crippen LogP contribution in [0.15, 0.2) is 59.9 Å². The molecule has 3 heterocycles. The Hall–Kier alpha value is -4.15. The molecular weight excluding hydrogens is 379 g/mol. The predicted octanol–water partition coefficient (Wildman–Crippen LogP) is 0.783. The topological polar surface area (TPSA) is 123 Å². The molecular formula is C18H15FN8O2. The number of nitrogens with one attached hydrogen (secondary N) is 2. The molecule has 0 saturated heterocycles. The molecule has 4 rings (SSSR count). The van der Waals surface area contributed by atoms with Gasteiger partial charge < -0.3 is 5.32 Å². The van der Waals surface area contributed by atoms with E-state index in [0.717, 1.165) is 0 Å². The highest BCUT2D eigenvalue weighted by atomic mass is 19.1. The maximum Gasteiger partial charge on any atom is 0.269 e. The van der Waals surface area contributed by atoms with Crippen LogP contribution < -0.4 is 10.9 Å². The highest BCUT2D eigenvalue weighted by Crippen LogP contribution is 2.17. The number of rotatable bonds is 6. The summed E-state index contributed by atoms with van der Waals surface area (Å²) in [6.45, 7) is 0.351. The summed E-state index contributed by atoms with van der Waals surface area (Å²) in [5.41, 5.74) is 1.15. The third-order valence-electron chi connectivity index (χ3n) is 4.08. The molecule has 4 aromatic rings. The maximum absolute atomic E-state index is 13.0. The summed E-state index contributed by atoms with van der Waals surface area (Å²) in [5.74, 6) is -0.295. The second kappa shape index (κ2) is 7.84. The minimum Gasteiger partial charge on any atom is -0.349 e. The smallest absolute Gasteiger partial charge is 0.269 e. The number of nitrogens with zero attached hydrogens (tertiary/aromatic N) is 6. The standard InChI is InChI=1S/C18H15FN8O2/c19-13-3-1-12(2-4-13)14-9-15(24-23-14)18(29)21-7-8-26-17(28)6-5-16(25-26)27-11-20-10-22-27/h1-6,9-11H,7-8H2,(H,21,29)(H,23,24). The number of carbonyl (C=O) groups excluding carboxylic acids is 1. The van der Waals surface area contributed by atoms with Crippen molar-refractivity contribution in [3.63, 3.8) is 0 Å². The number of carbonyl (C=O) groups is 1. The van der Waals surface area contributed by atoms with Crippen LogP contribution in [0, 0.1) is 5.82 Å². The van der Waals surface area contributed by atoms with Crippen molar-refractivity contribution in [3.05, 3.63) is 77.0 Å². The summed E-state index contributed by atoms with van der Waals surface area (Å²) in [5, 5.41) is 17.6. The number of H-pyrrole nitrogens is 1. The average Bonchev–Trinajstić information content (AvgIpc) is 3.42. The van der Waals surface area contributed by atoms with Crippen molar-refractivity contribution < 1.29 is 9.18 Å². The molecule has 0 spiro atoms. The zero-order valence-corrected chi connectivity index (χ0v) is 15.0. The van der Waals surface area contributed by atoms with Gasteiger partial charge in [-0.25, -0.2) is 18.7 Å². The molecule has 0 bridgehead atoms. The molecule has 3 aromatic heterocycles. The fourth-order valence-electron chi connectivity index (χ4n) is 2.62. The van der Waals surface area contributed by atoms with Crippen LogP contribution in [0.4, 0.5) is 4.39 Å². The van der Waals surface area contributed by atoms with Gasteiger partial charge in [0.15, 0.2) is 5.82 Å². The van der Waals surface area contributed by atoms with Crippen LogP contribution in [-0.2, 0) is 6.54 Å². The third-order valence-corrected chi connectivity index (χ3v) is 4.08. The largest absolute Gasteiger partial charge is 0.349 e. The van der Waals surface area contributed by atoms with E-state index in [9.17, 15) is 14.0 Å². The van der Waals surface area contributed by atoms with Crippen LogP contribution in [0.5, 0.6) is 0 Å². The van der Waals surface area contributed by atoms with Crippen molar-refractivity contribution in [2.45, 2.75) is 6.54 Å². The Balaban J connectivity index is 1.39. The van der Waals surface area contributed by atoms with E-state index in [2.05, 4.69) is 30.7 Å². The Morgan fingerprint density at radius 3 is 2.76 bits per heavy atom. The zero-order valence-electron chi connectivity index (χ0n) is 15.0. The molecule has 0 saturated carbocycles. The molecule has 2 N–H and O–H groups in total. The summed E-state index contributed by atoms with van der Waals surface area (Å²) in [7, 11) is 0. The highest BCUT2D eigenvalue weighted by Gasteiger charge is 2.11. The quantitative estimate of drug-likeness (QED) is 0.498. The Morgan fingerprint density at radius 2 is 2.00 bits per heavy atom. The molecule has 0 radical (unpaired) electrons. The molecule has 0 unspecified atom stereocenters. The van der Waals surface area contributed by atoms with Crippen LogP contribution in [0.3, 0.4) is 0 Å². The lowest BCUT2D eigenvalue weighted by Crippen LogP contribution is -2.32. The molecule has 0 fully saturated rings. The number of aromatic nitrogens is 7. The normalized spacial score (nSPS) is 10.8. The van der Waals surface area contributed by atoms with Gasteiger partial charge in [0.1, 0.15) is 24.2 Å². The van der Waals surface area contributed by atoms with E-state index in [4.69, 9.17) is 0 Å². The summed E-state index contributed by atoms with van der Waals surface area (Å²) >= 11 is 0. The number of hydrogen-bond acceptors (Lipinski definition) is 6. The van der Waals surface area contributed by atoms with E-state index in [0.29, 0.717) is 17.1 Å². The Morgan fingerprint density at radius 1 is 1.17 bits per heavy atom. The lowest BCUT2D eigenvalue weighted by atomic mass is 10.1. The Labute approximate surface area is 163 Å². The Bertz CT molecular complexity index is 1180. The minimum absolute atomic E-state index is 0.173. The average molecular weight is 394 g/mol. The van der Waals surface area contributed by atoms with Gasteiger partial charge in [-0.2, -0.15) is 10.2 Å². The second-order valence-corrected chi connectivity index (χ2v) is 6.02. The van der Waals surface area contributed by atoms with E-state index in [1.165, 1.54) is 46.3 Å². The molecule has 11 heteroatoms. The van der Waals surface area contributed by atoms with Crippen LogP contribution in [0.2, 0.25) is 0 Å². The lowest BCUT2D eigenvalue weighted by Gasteiger charge is -2.07. The van der Waals surface area contributed by atoms with Crippen molar-refractivity contribution in [1.29, 1.82) is 0 Å². The number of hydrogen-bond donors (Lipinski definition) is 2. The molecule has 29 heavy (non-hydrogen) atoms. The first kappa shape index (κ1) is 18.2. The molecule has 0 aliphatic heterocycles. The Kier molecular flexibility index (Phi) is 4.93. The zero-order chi connectivity index (χ0) is 20.2. The first-order chi connectivity index (χ1) is 14.1. The highest BCUT2D eigenvalue weighted by molar-refractivity contribution is 5.93. The fraction of sp³-hybridized carbons (Fsp3) is 0.111. The monoisotopic (exact) mass is 394 g/mol. The van der Waals surface area contributed by atoms with Gasteiger partial charge >= 0.3 is 0 Å². The van der Waals surface area contributed by atoms with Gasteiger partial charge in [0.05, 0.1) is 12.2 Å². The van der Waals surface area contributed by atoms with E-state index in [-0.39, 0.29) is 36.1 Å². The van der Waals surface area contributed by atoms with Crippen molar-refractivity contribution >= 4 is 5.91 Å². The van der Waals surface area contributed by atoms with Crippen LogP contribution in [0.1, 0.15) is 10.5 Å². The van der Waals surface area contributed by atoms with Gasteiger partial charge in [0.25, 0.3) is 11.5 Å². The SMILES string of the molecule is O=C(NCCn1nc(-n2cncn2)ccc1=O)c1cc(-c2ccc(F)cc2)n[nH]1. The molecule has 1 aromatic carbocycles. The minimum atomic E-state index is -0.383. The summed E-state index contributed by atoms with van der Waals surface area (Å²) in [6.07, 6.45) is 2.83. The molecule has 1 amide bonds. The number of benzene rings is 1. The van der Waals surface area contributed by atoms with Gasteiger partial charge in [-0.15, -0.1) is 5.10 Å². The first-order valence-electron chi connectivity index (χ1n) is 8.63. The van der Waals surface area contributed by atoms with Gasteiger partial charge in [0.2, 0.25) is 0 Å². The van der Waals surface area contributed by atoms with E-state index >= 15 is 0 Å². The predicted molar refractivity (Wildman–Crippen MR) is 99.7 cm³/mol. The fourth-order valence-corrected chi connectivity index (χ4v) is 2.62. The second-order valence-electron chi connectivity index (χ2n) is 6.02. The molecule has 0 aliphatic carbocycles. The number of amides is 1.